The van der Waals surface area contributed by atoms with Crippen LogP contribution in [-0.4, -0.2) is 27.0 Å². The average Bonchev–Trinajstić information content (AvgIpc) is 3.26. The standard InChI is InChI=1S/C25H21N5O2S/c1-16(17-7-3-2-4-8-17)15-26-22(31)18-11-13-19(14-12-18)27-24-29-30-23(32)20-9-5-6-10-21(20)28-25(30)33-24/h2-14,16H,15H2,1H3,(H,26,31)(H,27,29)/t16-/m1/s1. The zero-order valence-electron chi connectivity index (χ0n) is 17.9. The first-order chi connectivity index (χ1) is 16.1. The number of carbonyl (C=O) groups excluding carboxylic acids is 1. The fourth-order valence-electron chi connectivity index (χ4n) is 3.58. The number of carbonyl (C=O) groups is 1. The number of benzene rings is 3. The highest BCUT2D eigenvalue weighted by Crippen LogP contribution is 2.23. The van der Waals surface area contributed by atoms with Crippen LogP contribution in [0.2, 0.25) is 0 Å². The summed E-state index contributed by atoms with van der Waals surface area (Å²) in [5.74, 6) is 0.107. The Kier molecular flexibility index (Phi) is 5.58. The van der Waals surface area contributed by atoms with E-state index in [0.29, 0.717) is 33.1 Å². The smallest absolute Gasteiger partial charge is 0.283 e. The van der Waals surface area contributed by atoms with Gasteiger partial charge in [-0.1, -0.05) is 60.7 Å². The van der Waals surface area contributed by atoms with Crippen LogP contribution in [-0.2, 0) is 0 Å². The van der Waals surface area contributed by atoms with Crippen LogP contribution in [0.3, 0.4) is 0 Å². The molecule has 2 aromatic heterocycles. The number of amides is 1. The molecule has 0 fully saturated rings. The summed E-state index contributed by atoms with van der Waals surface area (Å²) >= 11 is 1.29. The largest absolute Gasteiger partial charge is 0.351 e. The van der Waals surface area contributed by atoms with Gasteiger partial charge in [0.05, 0.1) is 10.9 Å². The summed E-state index contributed by atoms with van der Waals surface area (Å²) in [5.41, 5.74) is 2.98. The molecule has 0 aliphatic heterocycles. The van der Waals surface area contributed by atoms with Gasteiger partial charge in [-0.3, -0.25) is 9.59 Å². The van der Waals surface area contributed by atoms with E-state index in [2.05, 4.69) is 39.8 Å². The minimum Gasteiger partial charge on any atom is -0.351 e. The second kappa shape index (κ2) is 8.84. The molecular weight excluding hydrogens is 434 g/mol. The van der Waals surface area contributed by atoms with Crippen molar-refractivity contribution in [2.75, 3.05) is 11.9 Å². The number of nitrogens with one attached hydrogen (secondary N) is 2. The fourth-order valence-corrected chi connectivity index (χ4v) is 4.40. The lowest BCUT2D eigenvalue weighted by atomic mass is 10.0. The zero-order chi connectivity index (χ0) is 22.8. The Morgan fingerprint density at radius 3 is 2.52 bits per heavy atom. The summed E-state index contributed by atoms with van der Waals surface area (Å²) in [6.45, 7) is 2.65. The Morgan fingerprint density at radius 2 is 1.73 bits per heavy atom. The first kappa shape index (κ1) is 20.8. The molecule has 0 radical (unpaired) electrons. The van der Waals surface area contributed by atoms with Gasteiger partial charge in [-0.05, 0) is 47.9 Å². The Bertz CT molecular complexity index is 1490. The molecule has 0 aliphatic rings. The first-order valence-corrected chi connectivity index (χ1v) is 11.4. The molecule has 2 N–H and O–H groups in total. The van der Waals surface area contributed by atoms with Crippen molar-refractivity contribution in [2.24, 2.45) is 0 Å². The lowest BCUT2D eigenvalue weighted by Gasteiger charge is -2.13. The number of fused-ring (bicyclic) bond motifs is 2. The molecule has 0 bridgehead atoms. The zero-order valence-corrected chi connectivity index (χ0v) is 18.7. The van der Waals surface area contributed by atoms with Crippen LogP contribution in [0.25, 0.3) is 15.9 Å². The Morgan fingerprint density at radius 1 is 1.00 bits per heavy atom. The Balaban J connectivity index is 1.27. The molecular formula is C25H21N5O2S. The number of rotatable bonds is 6. The van der Waals surface area contributed by atoms with E-state index in [4.69, 9.17) is 0 Å². The summed E-state index contributed by atoms with van der Waals surface area (Å²) in [5, 5.41) is 11.6. The van der Waals surface area contributed by atoms with Crippen molar-refractivity contribution in [1.29, 1.82) is 0 Å². The summed E-state index contributed by atoms with van der Waals surface area (Å²) in [6, 6.07) is 24.5. The van der Waals surface area contributed by atoms with Crippen LogP contribution in [0.5, 0.6) is 0 Å². The van der Waals surface area contributed by atoms with Gasteiger partial charge >= 0.3 is 0 Å². The average molecular weight is 456 g/mol. The van der Waals surface area contributed by atoms with Gasteiger partial charge in [0.2, 0.25) is 10.1 Å². The van der Waals surface area contributed by atoms with Gasteiger partial charge in [-0.2, -0.15) is 4.52 Å². The van der Waals surface area contributed by atoms with Crippen LogP contribution in [0.1, 0.15) is 28.8 Å². The lowest BCUT2D eigenvalue weighted by Crippen LogP contribution is -2.27. The molecule has 5 rings (SSSR count). The molecule has 0 saturated carbocycles. The maximum Gasteiger partial charge on any atom is 0.283 e. The third kappa shape index (κ3) is 4.33. The molecule has 0 aliphatic carbocycles. The molecule has 1 amide bonds. The van der Waals surface area contributed by atoms with Gasteiger partial charge in [0, 0.05) is 17.8 Å². The van der Waals surface area contributed by atoms with Gasteiger partial charge in [0.15, 0.2) is 0 Å². The molecule has 7 nitrogen and oxygen atoms in total. The number of hydrogen-bond acceptors (Lipinski definition) is 6. The van der Waals surface area contributed by atoms with Crippen LogP contribution >= 0.6 is 11.3 Å². The number of aromatic nitrogens is 3. The van der Waals surface area contributed by atoms with E-state index < -0.39 is 0 Å². The van der Waals surface area contributed by atoms with E-state index in [1.54, 1.807) is 18.2 Å². The van der Waals surface area contributed by atoms with E-state index in [9.17, 15) is 9.59 Å². The molecule has 8 heteroatoms. The Hall–Kier alpha value is -4.04. The quantitative estimate of drug-likeness (QED) is 0.391. The summed E-state index contributed by atoms with van der Waals surface area (Å²) in [6.07, 6.45) is 0. The number of nitrogens with zero attached hydrogens (tertiary/aromatic N) is 3. The molecule has 0 unspecified atom stereocenters. The van der Waals surface area contributed by atoms with E-state index in [1.165, 1.54) is 21.4 Å². The van der Waals surface area contributed by atoms with Crippen molar-refractivity contribution in [3.63, 3.8) is 0 Å². The maximum atomic E-state index is 12.7. The highest BCUT2D eigenvalue weighted by atomic mass is 32.1. The minimum atomic E-state index is -0.198. The molecule has 0 saturated heterocycles. The van der Waals surface area contributed by atoms with Crippen molar-refractivity contribution < 1.29 is 4.79 Å². The lowest BCUT2D eigenvalue weighted by molar-refractivity contribution is 0.0951. The maximum absolute atomic E-state index is 12.7. The molecule has 5 aromatic rings. The van der Waals surface area contributed by atoms with Crippen LogP contribution in [0.15, 0.2) is 83.7 Å². The summed E-state index contributed by atoms with van der Waals surface area (Å²) in [7, 11) is 0. The predicted molar refractivity (Wildman–Crippen MR) is 132 cm³/mol. The van der Waals surface area contributed by atoms with Gasteiger partial charge in [0.1, 0.15) is 0 Å². The summed E-state index contributed by atoms with van der Waals surface area (Å²) < 4.78 is 1.31. The summed E-state index contributed by atoms with van der Waals surface area (Å²) in [4.78, 5) is 30.2. The van der Waals surface area contributed by atoms with Gasteiger partial charge < -0.3 is 10.6 Å². The second-order valence-corrected chi connectivity index (χ2v) is 8.72. The third-order valence-electron chi connectivity index (χ3n) is 5.44. The number of para-hydroxylation sites is 1. The molecule has 0 spiro atoms. The molecule has 33 heavy (non-hydrogen) atoms. The van der Waals surface area contributed by atoms with Gasteiger partial charge in [-0.25, -0.2) is 4.98 Å². The first-order valence-electron chi connectivity index (χ1n) is 10.6. The normalized spacial score (nSPS) is 12.0. The van der Waals surface area contributed by atoms with Crippen LogP contribution < -0.4 is 16.2 Å². The van der Waals surface area contributed by atoms with E-state index in [-0.39, 0.29) is 17.4 Å². The number of anilines is 2. The van der Waals surface area contributed by atoms with E-state index >= 15 is 0 Å². The molecule has 2 heterocycles. The van der Waals surface area contributed by atoms with Crippen molar-refractivity contribution >= 4 is 43.9 Å². The van der Waals surface area contributed by atoms with Crippen molar-refractivity contribution in [3.8, 4) is 0 Å². The van der Waals surface area contributed by atoms with Crippen LogP contribution in [0, 0.1) is 0 Å². The fraction of sp³-hybridized carbons (Fsp3) is 0.120. The van der Waals surface area contributed by atoms with E-state index in [0.717, 1.165) is 5.69 Å². The van der Waals surface area contributed by atoms with Crippen molar-refractivity contribution in [1.82, 2.24) is 19.9 Å². The second-order valence-electron chi connectivity index (χ2n) is 7.76. The van der Waals surface area contributed by atoms with Gasteiger partial charge in [0.25, 0.3) is 11.5 Å². The third-order valence-corrected chi connectivity index (χ3v) is 6.26. The highest BCUT2D eigenvalue weighted by molar-refractivity contribution is 7.20. The topological polar surface area (TPSA) is 88.4 Å². The van der Waals surface area contributed by atoms with Crippen molar-refractivity contribution in [3.05, 3.63) is 100 Å². The minimum absolute atomic E-state index is 0.119. The molecule has 3 aromatic carbocycles. The monoisotopic (exact) mass is 455 g/mol. The van der Waals surface area contributed by atoms with Crippen LogP contribution in [0.4, 0.5) is 10.8 Å². The van der Waals surface area contributed by atoms with E-state index in [1.807, 2.05) is 48.5 Å². The predicted octanol–water partition coefficient (Wildman–Crippen LogP) is 4.58. The Labute approximate surface area is 193 Å². The van der Waals surface area contributed by atoms with Gasteiger partial charge in [-0.15, -0.1) is 5.10 Å². The molecule has 1 atom stereocenters. The molecule has 164 valence electrons. The SMILES string of the molecule is C[C@H](CNC(=O)c1ccc(Nc2nn3c(=O)c4ccccc4nc3s2)cc1)c1ccccc1. The number of hydrogen-bond donors (Lipinski definition) is 2. The highest BCUT2D eigenvalue weighted by Gasteiger charge is 2.12. The van der Waals surface area contributed by atoms with Crippen molar-refractivity contribution in [2.45, 2.75) is 12.8 Å².